The molecule has 6 atom stereocenters. The summed E-state index contributed by atoms with van der Waals surface area (Å²) in [5, 5.41) is 10.3. The predicted octanol–water partition coefficient (Wildman–Crippen LogP) is 3.70. The van der Waals surface area contributed by atoms with Crippen molar-refractivity contribution in [2.45, 2.75) is 65.2 Å². The summed E-state index contributed by atoms with van der Waals surface area (Å²) in [6.07, 6.45) is 9.94. The Morgan fingerprint density at radius 1 is 1.17 bits per heavy atom. The monoisotopic (exact) mass is 330 g/mol. The number of fused-ring (bicyclic) bond motifs is 5. The molecule has 4 aliphatic carbocycles. The summed E-state index contributed by atoms with van der Waals surface area (Å²) in [5.74, 6) is 2.37. The van der Waals surface area contributed by atoms with E-state index in [9.17, 15) is 14.7 Å². The van der Waals surface area contributed by atoms with Gasteiger partial charge in [0, 0.05) is 24.4 Å². The van der Waals surface area contributed by atoms with E-state index < -0.39 is 0 Å². The van der Waals surface area contributed by atoms with E-state index in [0.29, 0.717) is 30.0 Å². The Morgan fingerprint density at radius 3 is 2.67 bits per heavy atom. The number of ketones is 2. The lowest BCUT2D eigenvalue weighted by atomic mass is 9.46. The summed E-state index contributed by atoms with van der Waals surface area (Å²) < 4.78 is 0. The third kappa shape index (κ3) is 2.06. The highest BCUT2D eigenvalue weighted by molar-refractivity contribution is 5.91. The molecule has 0 amide bonds. The highest BCUT2D eigenvalue weighted by Gasteiger charge is 2.61. The highest BCUT2D eigenvalue weighted by atomic mass is 16.3. The van der Waals surface area contributed by atoms with Crippen LogP contribution in [-0.2, 0) is 9.59 Å². The Morgan fingerprint density at radius 2 is 1.96 bits per heavy atom. The van der Waals surface area contributed by atoms with Crippen LogP contribution in [0, 0.1) is 34.5 Å². The number of hydrogen-bond acceptors (Lipinski definition) is 3. The van der Waals surface area contributed by atoms with E-state index >= 15 is 0 Å². The number of hydrogen-bond donors (Lipinski definition) is 1. The molecule has 3 heteroatoms. The molecule has 0 unspecified atom stereocenters. The van der Waals surface area contributed by atoms with Crippen LogP contribution < -0.4 is 0 Å². The van der Waals surface area contributed by atoms with Crippen LogP contribution in [0.2, 0.25) is 0 Å². The number of allylic oxidation sites excluding steroid dienone is 1. The van der Waals surface area contributed by atoms with Crippen LogP contribution in [0.4, 0.5) is 0 Å². The number of aliphatic hydroxyl groups excluding tert-OH is 1. The third-order valence-electron chi connectivity index (χ3n) is 8.46. The average molecular weight is 330 g/mol. The molecule has 0 aromatic heterocycles. The largest absolute Gasteiger partial charge is 0.396 e. The fourth-order valence-electron chi connectivity index (χ4n) is 7.28. The quantitative estimate of drug-likeness (QED) is 0.840. The van der Waals surface area contributed by atoms with Crippen LogP contribution in [0.25, 0.3) is 0 Å². The van der Waals surface area contributed by atoms with Crippen molar-refractivity contribution in [2.24, 2.45) is 34.5 Å². The van der Waals surface area contributed by atoms with Crippen LogP contribution in [0.1, 0.15) is 65.2 Å². The van der Waals surface area contributed by atoms with Gasteiger partial charge in [0.2, 0.25) is 0 Å². The van der Waals surface area contributed by atoms with E-state index in [1.807, 2.05) is 6.08 Å². The summed E-state index contributed by atoms with van der Waals surface area (Å²) in [7, 11) is 0. The van der Waals surface area contributed by atoms with Crippen molar-refractivity contribution in [3.63, 3.8) is 0 Å². The highest BCUT2D eigenvalue weighted by Crippen LogP contribution is 2.66. The Hall–Kier alpha value is -0.960. The van der Waals surface area contributed by atoms with E-state index in [0.717, 1.165) is 44.9 Å². The lowest BCUT2D eigenvalue weighted by molar-refractivity contribution is -0.133. The number of rotatable bonds is 2. The summed E-state index contributed by atoms with van der Waals surface area (Å²) in [5.41, 5.74) is 1.40. The van der Waals surface area contributed by atoms with Crippen molar-refractivity contribution in [1.82, 2.24) is 0 Å². The molecule has 4 rings (SSSR count). The van der Waals surface area contributed by atoms with Gasteiger partial charge in [0.05, 0.1) is 0 Å². The molecule has 0 aromatic rings. The number of carbonyl (C=O) groups excluding carboxylic acids is 2. The molecule has 0 heterocycles. The Balaban J connectivity index is 1.69. The molecular formula is C21H30O3. The fraction of sp³-hybridized carbons (Fsp3) is 0.810. The van der Waals surface area contributed by atoms with Crippen LogP contribution in [0.5, 0.6) is 0 Å². The minimum atomic E-state index is -0.158. The molecule has 0 saturated heterocycles. The second-order valence-corrected chi connectivity index (χ2v) is 9.14. The summed E-state index contributed by atoms with van der Waals surface area (Å²) in [4.78, 5) is 24.1. The van der Waals surface area contributed by atoms with Gasteiger partial charge in [0.15, 0.2) is 5.78 Å². The summed E-state index contributed by atoms with van der Waals surface area (Å²) in [6.45, 7) is 4.26. The first-order valence-corrected chi connectivity index (χ1v) is 9.77. The molecule has 1 N–H and O–H groups in total. The molecule has 132 valence electrons. The number of Topliss-reactive ketones (excluding diaryl/α,β-unsaturated/α-hetero) is 1. The van der Waals surface area contributed by atoms with Gasteiger partial charge in [-0.3, -0.25) is 9.59 Å². The molecule has 3 fully saturated rings. The molecule has 4 aliphatic rings. The zero-order valence-corrected chi connectivity index (χ0v) is 15.0. The van der Waals surface area contributed by atoms with Gasteiger partial charge in [0.1, 0.15) is 5.78 Å². The topological polar surface area (TPSA) is 54.4 Å². The van der Waals surface area contributed by atoms with Gasteiger partial charge in [-0.2, -0.15) is 0 Å². The molecule has 0 radical (unpaired) electrons. The second kappa shape index (κ2) is 5.52. The predicted molar refractivity (Wildman–Crippen MR) is 92.3 cm³/mol. The van der Waals surface area contributed by atoms with Crippen molar-refractivity contribution >= 4 is 11.6 Å². The van der Waals surface area contributed by atoms with Gasteiger partial charge >= 0.3 is 0 Å². The second-order valence-electron chi connectivity index (χ2n) is 9.14. The number of carbonyl (C=O) groups is 2. The number of aliphatic hydroxyl groups is 1. The Bertz CT molecular complexity index is 606. The van der Waals surface area contributed by atoms with E-state index in [1.54, 1.807) is 6.92 Å². The van der Waals surface area contributed by atoms with Crippen molar-refractivity contribution in [1.29, 1.82) is 0 Å². The zero-order chi connectivity index (χ0) is 17.1. The molecular weight excluding hydrogens is 300 g/mol. The van der Waals surface area contributed by atoms with Gasteiger partial charge in [-0.15, -0.1) is 0 Å². The lowest BCUT2D eigenvalue weighted by Gasteiger charge is -2.58. The zero-order valence-electron chi connectivity index (χ0n) is 15.0. The van der Waals surface area contributed by atoms with Crippen LogP contribution in [-0.4, -0.2) is 23.3 Å². The van der Waals surface area contributed by atoms with E-state index in [1.165, 1.54) is 5.57 Å². The van der Waals surface area contributed by atoms with Crippen molar-refractivity contribution in [3.8, 4) is 0 Å². The van der Waals surface area contributed by atoms with Crippen LogP contribution in [0.3, 0.4) is 0 Å². The van der Waals surface area contributed by atoms with Crippen LogP contribution >= 0.6 is 0 Å². The van der Waals surface area contributed by atoms with Crippen molar-refractivity contribution in [3.05, 3.63) is 11.6 Å². The maximum Gasteiger partial charge on any atom is 0.155 e. The molecule has 3 saturated carbocycles. The Kier molecular flexibility index (Phi) is 3.80. The molecule has 24 heavy (non-hydrogen) atoms. The SMILES string of the molecule is CC(=O)[C@H]1CC[C@H]2[C@H]3CCC4=CC(=O)CC[C@]4(C)[C@H]3CC[C@@]12CO. The first-order valence-electron chi connectivity index (χ1n) is 9.77. The molecule has 0 aliphatic heterocycles. The standard InChI is InChI=1S/C21H30O3/c1-13(23)17-5-6-19-16-4-3-14-11-15(24)7-9-20(14,2)18(16)8-10-21(17,19)12-22/h11,16-19,22H,3-10,12H2,1-2H3/t16-,17+,18-,19-,20-,21+/m0/s1. The van der Waals surface area contributed by atoms with Gasteiger partial charge in [-0.25, -0.2) is 0 Å². The Labute approximate surface area is 144 Å². The molecule has 0 bridgehead atoms. The van der Waals surface area contributed by atoms with Crippen LogP contribution in [0.15, 0.2) is 11.6 Å². The maximum atomic E-state index is 12.2. The normalized spacial score (nSPS) is 47.5. The smallest absolute Gasteiger partial charge is 0.155 e. The third-order valence-corrected chi connectivity index (χ3v) is 8.46. The van der Waals surface area contributed by atoms with Gasteiger partial charge in [-0.05, 0) is 81.1 Å². The van der Waals surface area contributed by atoms with Gasteiger partial charge in [-0.1, -0.05) is 12.5 Å². The first-order chi connectivity index (χ1) is 11.4. The summed E-state index contributed by atoms with van der Waals surface area (Å²) in [6, 6.07) is 0. The van der Waals surface area contributed by atoms with E-state index in [4.69, 9.17) is 0 Å². The minimum Gasteiger partial charge on any atom is -0.396 e. The first kappa shape index (κ1) is 16.5. The summed E-state index contributed by atoms with van der Waals surface area (Å²) >= 11 is 0. The lowest BCUT2D eigenvalue weighted by Crippen LogP contribution is -2.53. The molecule has 3 nitrogen and oxygen atoms in total. The average Bonchev–Trinajstić information content (AvgIpc) is 2.95. The maximum absolute atomic E-state index is 12.2. The van der Waals surface area contributed by atoms with Gasteiger partial charge < -0.3 is 5.11 Å². The molecule has 0 spiro atoms. The van der Waals surface area contributed by atoms with Gasteiger partial charge in [0.25, 0.3) is 0 Å². The van der Waals surface area contributed by atoms with E-state index in [2.05, 4.69) is 6.92 Å². The minimum absolute atomic E-state index is 0.0612. The molecule has 0 aromatic carbocycles. The van der Waals surface area contributed by atoms with Crippen molar-refractivity contribution < 1.29 is 14.7 Å². The fourth-order valence-corrected chi connectivity index (χ4v) is 7.28. The van der Waals surface area contributed by atoms with E-state index in [-0.39, 0.29) is 29.1 Å². The van der Waals surface area contributed by atoms with Crippen molar-refractivity contribution in [2.75, 3.05) is 6.61 Å².